The number of aryl methyl sites for hydroxylation is 1. The van der Waals surface area contributed by atoms with Gasteiger partial charge in [-0.05, 0) is 37.3 Å². The average Bonchev–Trinajstić information content (AvgIpc) is 3.05. The van der Waals surface area contributed by atoms with E-state index in [2.05, 4.69) is 4.98 Å². The first kappa shape index (κ1) is 17.3. The normalized spacial score (nSPS) is 11.2. The Bertz CT molecular complexity index is 1150. The zero-order valence-electron chi connectivity index (χ0n) is 13.8. The summed E-state index contributed by atoms with van der Waals surface area (Å²) in [6.07, 6.45) is 0. The number of para-hydroxylation sites is 1. The predicted molar refractivity (Wildman–Crippen MR) is 109 cm³/mol. The maximum atomic E-state index is 13.1. The highest BCUT2D eigenvalue weighted by Gasteiger charge is 2.14. The van der Waals surface area contributed by atoms with Crippen molar-refractivity contribution in [3.8, 4) is 5.69 Å². The van der Waals surface area contributed by atoms with Crippen LogP contribution in [0.1, 0.15) is 10.7 Å². The van der Waals surface area contributed by atoms with Gasteiger partial charge < -0.3 is 0 Å². The van der Waals surface area contributed by atoms with Crippen LogP contribution in [0.15, 0.2) is 63.9 Å². The Morgan fingerprint density at radius 3 is 2.77 bits per heavy atom. The molecule has 7 heteroatoms. The lowest BCUT2D eigenvalue weighted by Gasteiger charge is -2.13. The maximum Gasteiger partial charge on any atom is 0.266 e. The van der Waals surface area contributed by atoms with Crippen LogP contribution >= 0.6 is 34.7 Å². The number of thiazole rings is 1. The van der Waals surface area contributed by atoms with Gasteiger partial charge in [0.2, 0.25) is 0 Å². The Morgan fingerprint density at radius 1 is 1.15 bits per heavy atom. The van der Waals surface area contributed by atoms with Crippen LogP contribution in [-0.4, -0.2) is 14.5 Å². The summed E-state index contributed by atoms with van der Waals surface area (Å²) in [5.41, 5.74) is 2.28. The monoisotopic (exact) mass is 399 g/mol. The molecule has 2 aromatic heterocycles. The van der Waals surface area contributed by atoms with Crippen molar-refractivity contribution >= 4 is 45.6 Å². The summed E-state index contributed by atoms with van der Waals surface area (Å²) in [6, 6.07) is 14.6. The number of nitrogens with zero attached hydrogens (tertiary/aromatic N) is 3. The lowest BCUT2D eigenvalue weighted by molar-refractivity contribution is 0.819. The fourth-order valence-corrected chi connectivity index (χ4v) is 4.47. The molecule has 4 rings (SSSR count). The van der Waals surface area contributed by atoms with Gasteiger partial charge in [0.15, 0.2) is 5.16 Å². The topological polar surface area (TPSA) is 47.8 Å². The molecule has 4 aromatic rings. The van der Waals surface area contributed by atoms with Crippen molar-refractivity contribution in [3.05, 3.63) is 80.0 Å². The molecule has 0 saturated carbocycles. The highest BCUT2D eigenvalue weighted by Crippen LogP contribution is 2.26. The van der Waals surface area contributed by atoms with E-state index >= 15 is 0 Å². The standard InChI is InChI=1S/C19H14ClN3OS2/c1-12-21-14(10-25-12)11-26-19-22-17-8-3-2-7-16(17)18(24)23(19)15-6-4-5-13(20)9-15/h2-10H,11H2,1H3. The molecule has 26 heavy (non-hydrogen) atoms. The lowest BCUT2D eigenvalue weighted by Crippen LogP contribution is -2.21. The highest BCUT2D eigenvalue weighted by molar-refractivity contribution is 7.98. The number of benzene rings is 2. The van der Waals surface area contributed by atoms with Crippen LogP contribution in [0.5, 0.6) is 0 Å². The molecule has 0 fully saturated rings. The summed E-state index contributed by atoms with van der Waals surface area (Å²) >= 11 is 9.26. The minimum absolute atomic E-state index is 0.102. The first-order chi connectivity index (χ1) is 12.6. The zero-order chi connectivity index (χ0) is 18.1. The Kier molecular flexibility index (Phi) is 4.80. The fraction of sp³-hybridized carbons (Fsp3) is 0.105. The van der Waals surface area contributed by atoms with E-state index in [0.29, 0.717) is 32.5 Å². The van der Waals surface area contributed by atoms with Crippen molar-refractivity contribution in [2.45, 2.75) is 17.8 Å². The second kappa shape index (κ2) is 7.23. The Labute approximate surface area is 163 Å². The van der Waals surface area contributed by atoms with Crippen molar-refractivity contribution in [2.75, 3.05) is 0 Å². The molecule has 4 nitrogen and oxygen atoms in total. The molecule has 0 aliphatic carbocycles. The number of rotatable bonds is 4. The van der Waals surface area contributed by atoms with Crippen LogP contribution in [0.25, 0.3) is 16.6 Å². The number of hydrogen-bond donors (Lipinski definition) is 0. The summed E-state index contributed by atoms with van der Waals surface area (Å²) in [5.74, 6) is 0.648. The molecule has 0 saturated heterocycles. The zero-order valence-corrected chi connectivity index (χ0v) is 16.2. The number of aromatic nitrogens is 3. The lowest BCUT2D eigenvalue weighted by atomic mass is 10.2. The van der Waals surface area contributed by atoms with Gasteiger partial charge in [0.1, 0.15) is 0 Å². The van der Waals surface area contributed by atoms with Crippen LogP contribution in [-0.2, 0) is 5.75 Å². The first-order valence-electron chi connectivity index (χ1n) is 7.93. The predicted octanol–water partition coefficient (Wildman–Crippen LogP) is 5.10. The van der Waals surface area contributed by atoms with E-state index in [-0.39, 0.29) is 5.56 Å². The molecule has 0 aliphatic rings. The second-order valence-corrected chi connectivity index (χ2v) is 8.12. The van der Waals surface area contributed by atoms with E-state index in [4.69, 9.17) is 16.6 Å². The van der Waals surface area contributed by atoms with Gasteiger partial charge in [-0.2, -0.15) is 0 Å². The van der Waals surface area contributed by atoms with Crippen LogP contribution in [0.2, 0.25) is 5.02 Å². The largest absolute Gasteiger partial charge is 0.268 e. The maximum absolute atomic E-state index is 13.1. The SMILES string of the molecule is Cc1nc(CSc2nc3ccccc3c(=O)n2-c2cccc(Cl)c2)cs1. The van der Waals surface area contributed by atoms with E-state index in [1.165, 1.54) is 11.8 Å². The molecular formula is C19H14ClN3OS2. The Morgan fingerprint density at radius 2 is 2.00 bits per heavy atom. The molecule has 0 radical (unpaired) electrons. The van der Waals surface area contributed by atoms with Gasteiger partial charge >= 0.3 is 0 Å². The van der Waals surface area contributed by atoms with Crippen LogP contribution < -0.4 is 5.56 Å². The quantitative estimate of drug-likeness (QED) is 0.354. The van der Waals surface area contributed by atoms with Gasteiger partial charge in [-0.1, -0.05) is 41.6 Å². The number of thioether (sulfide) groups is 1. The van der Waals surface area contributed by atoms with Crippen LogP contribution in [0.3, 0.4) is 0 Å². The van der Waals surface area contributed by atoms with Gasteiger partial charge in [-0.25, -0.2) is 9.97 Å². The molecule has 0 aliphatic heterocycles. The van der Waals surface area contributed by atoms with Crippen LogP contribution in [0.4, 0.5) is 0 Å². The van der Waals surface area contributed by atoms with Gasteiger partial charge in [0, 0.05) is 16.2 Å². The van der Waals surface area contributed by atoms with E-state index in [1.54, 1.807) is 34.1 Å². The average molecular weight is 400 g/mol. The Balaban J connectivity index is 1.86. The smallest absolute Gasteiger partial charge is 0.266 e. The first-order valence-corrected chi connectivity index (χ1v) is 10.2. The molecule has 0 bridgehead atoms. The van der Waals surface area contributed by atoms with Crippen LogP contribution in [0, 0.1) is 6.92 Å². The van der Waals surface area contributed by atoms with Gasteiger partial charge in [0.25, 0.3) is 5.56 Å². The number of halogens is 1. The third kappa shape index (κ3) is 3.40. The summed E-state index contributed by atoms with van der Waals surface area (Å²) < 4.78 is 1.62. The summed E-state index contributed by atoms with van der Waals surface area (Å²) in [5, 5.41) is 4.85. The minimum atomic E-state index is -0.102. The molecule has 2 heterocycles. The number of hydrogen-bond acceptors (Lipinski definition) is 5. The molecule has 0 unspecified atom stereocenters. The van der Waals surface area contributed by atoms with Crippen molar-refractivity contribution in [2.24, 2.45) is 0 Å². The van der Waals surface area contributed by atoms with Gasteiger partial charge in [-0.15, -0.1) is 11.3 Å². The third-order valence-corrected chi connectivity index (χ3v) is 5.86. The molecule has 0 spiro atoms. The Hall–Kier alpha value is -2.15. The summed E-state index contributed by atoms with van der Waals surface area (Å²) in [7, 11) is 0. The van der Waals surface area contributed by atoms with E-state index in [1.807, 2.05) is 42.6 Å². The summed E-state index contributed by atoms with van der Waals surface area (Å²) in [4.78, 5) is 22.3. The molecule has 0 N–H and O–H groups in total. The van der Waals surface area contributed by atoms with E-state index in [0.717, 1.165) is 10.7 Å². The third-order valence-electron chi connectivity index (χ3n) is 3.83. The van der Waals surface area contributed by atoms with Crippen molar-refractivity contribution in [1.82, 2.24) is 14.5 Å². The van der Waals surface area contributed by atoms with Crippen molar-refractivity contribution in [3.63, 3.8) is 0 Å². The molecule has 130 valence electrons. The highest BCUT2D eigenvalue weighted by atomic mass is 35.5. The minimum Gasteiger partial charge on any atom is -0.268 e. The van der Waals surface area contributed by atoms with Crippen molar-refractivity contribution in [1.29, 1.82) is 0 Å². The van der Waals surface area contributed by atoms with E-state index in [9.17, 15) is 4.79 Å². The van der Waals surface area contributed by atoms with Crippen molar-refractivity contribution < 1.29 is 0 Å². The van der Waals surface area contributed by atoms with E-state index < -0.39 is 0 Å². The van der Waals surface area contributed by atoms with Gasteiger partial charge in [0.05, 0.1) is 27.3 Å². The molecule has 0 amide bonds. The fourth-order valence-electron chi connectivity index (χ4n) is 2.67. The number of fused-ring (bicyclic) bond motifs is 1. The van der Waals surface area contributed by atoms with Gasteiger partial charge in [-0.3, -0.25) is 9.36 Å². The molecule has 2 aromatic carbocycles. The molecular weight excluding hydrogens is 386 g/mol. The molecule has 0 atom stereocenters. The second-order valence-electron chi connectivity index (χ2n) is 5.68. The summed E-state index contributed by atoms with van der Waals surface area (Å²) in [6.45, 7) is 1.98.